The molecule has 4 unspecified atom stereocenters. The average molecular weight is 778 g/mol. The number of alkyl carbamates (subject to hydrolysis) is 1. The van der Waals surface area contributed by atoms with Crippen molar-refractivity contribution in [3.05, 3.63) is 47.0 Å². The first-order valence-electron chi connectivity index (χ1n) is 19.2. The van der Waals surface area contributed by atoms with E-state index in [9.17, 15) is 28.2 Å². The maximum Gasteiger partial charge on any atom is 0.407 e. The van der Waals surface area contributed by atoms with Crippen molar-refractivity contribution in [2.45, 2.75) is 138 Å². The topological polar surface area (TPSA) is 174 Å². The van der Waals surface area contributed by atoms with Gasteiger partial charge in [0.1, 0.15) is 23.1 Å². The molecule has 1 aromatic carbocycles. The maximum atomic E-state index is 12.4. The molecule has 4 atom stereocenters. The van der Waals surface area contributed by atoms with Crippen LogP contribution in [0.25, 0.3) is 0 Å². The Bertz CT molecular complexity index is 1370. The normalized spacial score (nSPS) is 20.8. The summed E-state index contributed by atoms with van der Waals surface area (Å²) in [5.74, 6) is 0.831. The first-order valence-corrected chi connectivity index (χ1v) is 20.5. The van der Waals surface area contributed by atoms with Crippen LogP contribution < -0.4 is 15.4 Å². The highest BCUT2D eigenvalue weighted by molar-refractivity contribution is 7.83. The van der Waals surface area contributed by atoms with Crippen LogP contribution in [0, 0.1) is 11.8 Å². The molecule has 1 aromatic rings. The van der Waals surface area contributed by atoms with Crippen LogP contribution in [-0.2, 0) is 49.6 Å². The molecule has 4 N–H and O–H groups in total. The highest BCUT2D eigenvalue weighted by atomic mass is 32.2. The van der Waals surface area contributed by atoms with E-state index in [1.807, 2.05) is 31.2 Å². The minimum Gasteiger partial charge on any atom is -0.465 e. The van der Waals surface area contributed by atoms with Crippen molar-refractivity contribution >= 4 is 41.4 Å². The minimum absolute atomic E-state index is 0. The zero-order valence-electron chi connectivity index (χ0n) is 32.4. The van der Waals surface area contributed by atoms with Gasteiger partial charge >= 0.3 is 12.2 Å². The van der Waals surface area contributed by atoms with E-state index in [1.54, 1.807) is 0 Å². The summed E-state index contributed by atoms with van der Waals surface area (Å²) in [4.78, 5) is 61.0. The monoisotopic (exact) mass is 777 g/mol. The third-order valence-corrected chi connectivity index (χ3v) is 9.97. The lowest BCUT2D eigenvalue weighted by Gasteiger charge is -2.23. The molecule has 3 aliphatic rings. The molecule has 54 heavy (non-hydrogen) atoms. The van der Waals surface area contributed by atoms with Crippen LogP contribution in [0.3, 0.4) is 0 Å². The fourth-order valence-corrected chi connectivity index (χ4v) is 7.05. The molecule has 0 aliphatic carbocycles. The Labute approximate surface area is 326 Å². The number of benzene rings is 1. The van der Waals surface area contributed by atoms with E-state index in [2.05, 4.69) is 49.1 Å². The molecule has 3 aliphatic heterocycles. The SMILES string of the molecule is C.CC(C)C.CCNC(=O)OCC(C)CCCCc1cccc2c1CN(C(=O)O)C2.O=CN1CCCC1C(=O)NC1C/C=C\CCCCCS(=O)NC1=O. The number of rotatable bonds is 11. The summed E-state index contributed by atoms with van der Waals surface area (Å²) in [6.07, 6.45) is 12.9. The maximum absolute atomic E-state index is 12.4. The number of hydrogen-bond donors (Lipinski definition) is 4. The number of nitrogens with zero attached hydrogens (tertiary/aromatic N) is 2. The molecule has 4 rings (SSSR count). The largest absolute Gasteiger partial charge is 0.465 e. The standard InChI is InChI=1S/C19H28N2O4.C16H25N3O4S.C4H10.CH4/c1-3-20-18(22)25-13-14(2)7-4-5-8-15-9-6-10-16-11-21(19(23)24)12-17(15)16;20-12-19-10-7-9-14(19)16(22)17-13-8-5-3-1-2-4-6-11-24(23)18-15(13)21;1-4(2)3;/h6,9-10,14H,3-5,7-8,11-13H2,1-2H3,(H,20,22)(H,23,24);3,5,12-14H,1-2,4,6-11H2,(H,17,22)(H,18,21);4H,1-3H3;1H4/b;5-3-;;. The van der Waals surface area contributed by atoms with Crippen LogP contribution in [0.5, 0.6) is 0 Å². The van der Waals surface area contributed by atoms with Crippen molar-refractivity contribution < 1.29 is 38.0 Å². The molecule has 0 aromatic heterocycles. The third-order valence-electron chi connectivity index (χ3n) is 8.88. The van der Waals surface area contributed by atoms with Gasteiger partial charge in [-0.3, -0.25) is 24.0 Å². The smallest absolute Gasteiger partial charge is 0.407 e. The molecule has 0 radical (unpaired) electrons. The van der Waals surface area contributed by atoms with Crippen molar-refractivity contribution in [1.82, 2.24) is 25.2 Å². The lowest BCUT2D eigenvalue weighted by molar-refractivity contribution is -0.133. The Kier molecular flexibility index (Phi) is 23.8. The number of hydrogen-bond acceptors (Lipinski definition) is 7. The minimum atomic E-state index is -1.42. The van der Waals surface area contributed by atoms with Gasteiger partial charge in [-0.1, -0.05) is 78.3 Å². The Morgan fingerprint density at radius 3 is 2.50 bits per heavy atom. The summed E-state index contributed by atoms with van der Waals surface area (Å²) < 4.78 is 19.5. The Morgan fingerprint density at radius 1 is 1.07 bits per heavy atom. The summed E-state index contributed by atoms with van der Waals surface area (Å²) in [5.41, 5.74) is 3.56. The Balaban J connectivity index is 0.000000483. The van der Waals surface area contributed by atoms with Gasteiger partial charge in [0.2, 0.25) is 12.3 Å². The van der Waals surface area contributed by atoms with Gasteiger partial charge in [0.15, 0.2) is 0 Å². The number of carboxylic acid groups (broad SMARTS) is 1. The average Bonchev–Trinajstić information content (AvgIpc) is 3.78. The number of fused-ring (bicyclic) bond motifs is 1. The van der Waals surface area contributed by atoms with Gasteiger partial charge in [0.25, 0.3) is 5.91 Å². The zero-order valence-corrected chi connectivity index (χ0v) is 33.2. The number of aryl methyl sites for hydroxylation is 1. The van der Waals surface area contributed by atoms with Crippen LogP contribution in [0.4, 0.5) is 9.59 Å². The second kappa shape index (κ2) is 26.8. The quantitative estimate of drug-likeness (QED) is 0.112. The number of allylic oxidation sites excluding steroid dienone is 1. The first kappa shape index (κ1) is 48.1. The van der Waals surface area contributed by atoms with Gasteiger partial charge in [0, 0.05) is 31.9 Å². The zero-order chi connectivity index (χ0) is 39.2. The Hall–Kier alpha value is -3.94. The van der Waals surface area contributed by atoms with E-state index in [0.717, 1.165) is 69.3 Å². The molecule has 13 nitrogen and oxygen atoms in total. The number of carbonyl (C=O) groups is 5. The molecule has 3 heterocycles. The summed E-state index contributed by atoms with van der Waals surface area (Å²) in [5, 5.41) is 14.5. The van der Waals surface area contributed by atoms with Gasteiger partial charge < -0.3 is 25.4 Å². The molecule has 306 valence electrons. The molecule has 1 saturated heterocycles. The van der Waals surface area contributed by atoms with Crippen LogP contribution >= 0.6 is 0 Å². The van der Waals surface area contributed by atoms with Crippen molar-refractivity contribution in [3.8, 4) is 0 Å². The van der Waals surface area contributed by atoms with E-state index in [0.29, 0.717) is 63.7 Å². The number of nitrogens with one attached hydrogen (secondary N) is 3. The molecule has 1 fully saturated rings. The number of likely N-dealkylation sites (tertiary alicyclic amines) is 1. The van der Waals surface area contributed by atoms with E-state index in [1.165, 1.54) is 20.9 Å². The fraction of sp³-hybridized carbons (Fsp3) is 0.675. The second-order valence-electron chi connectivity index (χ2n) is 14.5. The highest BCUT2D eigenvalue weighted by Crippen LogP contribution is 2.27. The molecule has 5 amide bonds. The first-order chi connectivity index (χ1) is 25.4. The summed E-state index contributed by atoms with van der Waals surface area (Å²) >= 11 is 0. The third kappa shape index (κ3) is 18.4. The predicted molar refractivity (Wildman–Crippen MR) is 214 cm³/mol. The molecule has 14 heteroatoms. The highest BCUT2D eigenvalue weighted by Gasteiger charge is 2.32. The number of amides is 5. The van der Waals surface area contributed by atoms with Crippen molar-refractivity contribution in [2.75, 3.05) is 25.4 Å². The van der Waals surface area contributed by atoms with Crippen LogP contribution in [0.1, 0.15) is 123 Å². The molecule has 0 bridgehead atoms. The van der Waals surface area contributed by atoms with E-state index < -0.39 is 35.1 Å². The second-order valence-corrected chi connectivity index (χ2v) is 15.8. The summed E-state index contributed by atoms with van der Waals surface area (Å²) in [7, 11) is -1.42. The van der Waals surface area contributed by atoms with Crippen molar-refractivity contribution in [2.24, 2.45) is 11.8 Å². The van der Waals surface area contributed by atoms with Crippen molar-refractivity contribution in [1.29, 1.82) is 0 Å². The van der Waals surface area contributed by atoms with Crippen LogP contribution in [0.15, 0.2) is 30.4 Å². The van der Waals surface area contributed by atoms with Crippen molar-refractivity contribution in [3.63, 3.8) is 0 Å². The van der Waals surface area contributed by atoms with E-state index in [-0.39, 0.29) is 19.4 Å². The summed E-state index contributed by atoms with van der Waals surface area (Å²) in [6, 6.07) is 4.84. The van der Waals surface area contributed by atoms with E-state index in [4.69, 9.17) is 9.84 Å². The molecular weight excluding hydrogens is 711 g/mol. The van der Waals surface area contributed by atoms with E-state index >= 15 is 0 Å². The van der Waals surface area contributed by atoms with Gasteiger partial charge in [-0.05, 0) is 93.2 Å². The van der Waals surface area contributed by atoms with Crippen LogP contribution in [0.2, 0.25) is 0 Å². The molecular formula is C40H67N5O8S. The van der Waals surface area contributed by atoms with Gasteiger partial charge in [-0.15, -0.1) is 0 Å². The Morgan fingerprint density at radius 2 is 1.81 bits per heavy atom. The summed E-state index contributed by atoms with van der Waals surface area (Å²) in [6.45, 7) is 13.0. The lowest BCUT2D eigenvalue weighted by atomic mass is 9.97. The predicted octanol–water partition coefficient (Wildman–Crippen LogP) is 6.47. The number of unbranched alkanes of at least 4 members (excludes halogenated alkanes) is 1. The molecule has 0 spiro atoms. The van der Waals surface area contributed by atoms with Gasteiger partial charge in [0.05, 0.1) is 6.61 Å². The lowest BCUT2D eigenvalue weighted by Crippen LogP contribution is -2.52. The number of carbonyl (C=O) groups excluding carboxylic acids is 4. The van der Waals surface area contributed by atoms with Crippen LogP contribution in [-0.4, -0.2) is 87.1 Å². The molecule has 0 saturated carbocycles. The van der Waals surface area contributed by atoms with Gasteiger partial charge in [-0.2, -0.15) is 0 Å². The number of ether oxygens (including phenoxy) is 1. The van der Waals surface area contributed by atoms with Gasteiger partial charge in [-0.25, -0.2) is 13.8 Å². The fourth-order valence-electron chi connectivity index (χ4n) is 6.12.